The molecule has 1 amide bonds. The van der Waals surface area contributed by atoms with Gasteiger partial charge in [-0.1, -0.05) is 35.0 Å². The van der Waals surface area contributed by atoms with Crippen molar-refractivity contribution in [2.75, 3.05) is 6.54 Å². The van der Waals surface area contributed by atoms with Gasteiger partial charge in [-0.25, -0.2) is 8.78 Å². The quantitative estimate of drug-likeness (QED) is 0.691. The van der Waals surface area contributed by atoms with Gasteiger partial charge < -0.3 is 9.42 Å². The van der Waals surface area contributed by atoms with Crippen LogP contribution in [0.4, 0.5) is 8.78 Å². The molecule has 1 atom stereocenters. The molecular weight excluding hydrogens is 352 g/mol. The second-order valence-electron chi connectivity index (χ2n) is 6.60. The summed E-state index contributed by atoms with van der Waals surface area (Å²) in [6.07, 6.45) is 1.34. The molecular formula is C20H17F2N3O2. The minimum Gasteiger partial charge on any atom is -0.337 e. The van der Waals surface area contributed by atoms with E-state index in [9.17, 15) is 13.6 Å². The number of aryl methyl sites for hydroxylation is 1. The minimum atomic E-state index is -0.752. The molecule has 138 valence electrons. The van der Waals surface area contributed by atoms with E-state index in [2.05, 4.69) is 10.1 Å². The third-order valence-corrected chi connectivity index (χ3v) is 4.71. The van der Waals surface area contributed by atoms with Crippen LogP contribution in [0.15, 0.2) is 47.0 Å². The first-order valence-electron chi connectivity index (χ1n) is 8.69. The Morgan fingerprint density at radius 3 is 2.74 bits per heavy atom. The van der Waals surface area contributed by atoms with Crippen molar-refractivity contribution in [3.8, 4) is 11.4 Å². The smallest absolute Gasteiger partial charge is 0.257 e. The zero-order valence-corrected chi connectivity index (χ0v) is 14.7. The number of hydrogen-bond donors (Lipinski definition) is 0. The van der Waals surface area contributed by atoms with Crippen molar-refractivity contribution >= 4 is 5.91 Å². The van der Waals surface area contributed by atoms with E-state index >= 15 is 0 Å². The summed E-state index contributed by atoms with van der Waals surface area (Å²) in [6.45, 7) is 2.40. The molecule has 4 rings (SSSR count). The Labute approximate surface area is 154 Å². The molecule has 0 spiro atoms. The van der Waals surface area contributed by atoms with Crippen molar-refractivity contribution in [1.82, 2.24) is 15.0 Å². The summed E-state index contributed by atoms with van der Waals surface area (Å²) in [5.74, 6) is -1.26. The predicted molar refractivity (Wildman–Crippen MR) is 93.8 cm³/mol. The third-order valence-electron chi connectivity index (χ3n) is 4.71. The number of rotatable bonds is 3. The van der Waals surface area contributed by atoms with Crippen LogP contribution in [0.25, 0.3) is 11.4 Å². The number of aromatic nitrogens is 2. The fourth-order valence-electron chi connectivity index (χ4n) is 3.27. The topological polar surface area (TPSA) is 59.2 Å². The second-order valence-corrected chi connectivity index (χ2v) is 6.60. The Morgan fingerprint density at radius 1 is 1.19 bits per heavy atom. The van der Waals surface area contributed by atoms with Gasteiger partial charge >= 0.3 is 0 Å². The molecule has 0 bridgehead atoms. The van der Waals surface area contributed by atoms with E-state index < -0.39 is 23.6 Å². The largest absolute Gasteiger partial charge is 0.337 e. The molecule has 2 heterocycles. The molecule has 1 aliphatic heterocycles. The van der Waals surface area contributed by atoms with Gasteiger partial charge in [0.25, 0.3) is 5.91 Å². The molecule has 2 aromatic carbocycles. The lowest BCUT2D eigenvalue weighted by atomic mass is 10.1. The van der Waals surface area contributed by atoms with Crippen LogP contribution in [0.2, 0.25) is 0 Å². The Kier molecular flexibility index (Phi) is 4.43. The standard InChI is InChI=1S/C20H17F2N3O2/c1-12-4-6-13(7-5-12)18-23-19(27-24-18)17-3-2-10-25(17)20(26)15-11-14(21)8-9-16(15)22/h4-9,11,17H,2-3,10H2,1H3. The molecule has 0 saturated carbocycles. The van der Waals surface area contributed by atoms with Gasteiger partial charge in [-0.05, 0) is 38.0 Å². The Bertz CT molecular complexity index is 985. The monoisotopic (exact) mass is 369 g/mol. The predicted octanol–water partition coefficient (Wildman–Crippen LogP) is 4.30. The van der Waals surface area contributed by atoms with Crippen molar-refractivity contribution in [3.63, 3.8) is 0 Å². The van der Waals surface area contributed by atoms with Crippen molar-refractivity contribution in [3.05, 3.63) is 71.1 Å². The first-order chi connectivity index (χ1) is 13.0. The summed E-state index contributed by atoms with van der Waals surface area (Å²) in [5.41, 5.74) is 1.63. The maximum absolute atomic E-state index is 14.0. The van der Waals surface area contributed by atoms with E-state index in [1.54, 1.807) is 0 Å². The molecule has 3 aromatic rings. The summed E-state index contributed by atoms with van der Waals surface area (Å²) in [6, 6.07) is 10.1. The van der Waals surface area contributed by atoms with Crippen LogP contribution in [-0.2, 0) is 0 Å². The minimum absolute atomic E-state index is 0.292. The van der Waals surface area contributed by atoms with Gasteiger partial charge in [-0.2, -0.15) is 4.98 Å². The summed E-state index contributed by atoms with van der Waals surface area (Å²) in [5, 5.41) is 4.00. The highest BCUT2D eigenvalue weighted by molar-refractivity contribution is 5.95. The average molecular weight is 369 g/mol. The molecule has 1 saturated heterocycles. The van der Waals surface area contributed by atoms with E-state index in [1.165, 1.54) is 4.90 Å². The van der Waals surface area contributed by atoms with E-state index in [1.807, 2.05) is 31.2 Å². The van der Waals surface area contributed by atoms with E-state index in [4.69, 9.17) is 4.52 Å². The van der Waals surface area contributed by atoms with Crippen LogP contribution in [0.1, 0.15) is 40.7 Å². The first-order valence-corrected chi connectivity index (χ1v) is 8.69. The fraction of sp³-hybridized carbons (Fsp3) is 0.250. The zero-order chi connectivity index (χ0) is 19.0. The van der Waals surface area contributed by atoms with Crippen molar-refractivity contribution < 1.29 is 18.1 Å². The molecule has 5 nitrogen and oxygen atoms in total. The van der Waals surface area contributed by atoms with Gasteiger partial charge in [0.1, 0.15) is 17.7 Å². The van der Waals surface area contributed by atoms with Crippen LogP contribution in [0.3, 0.4) is 0 Å². The van der Waals surface area contributed by atoms with Crippen molar-refractivity contribution in [2.45, 2.75) is 25.8 Å². The number of likely N-dealkylation sites (tertiary alicyclic amines) is 1. The molecule has 0 radical (unpaired) electrons. The molecule has 0 aliphatic carbocycles. The van der Waals surface area contributed by atoms with Gasteiger partial charge in [0.15, 0.2) is 0 Å². The Balaban J connectivity index is 1.61. The molecule has 27 heavy (non-hydrogen) atoms. The van der Waals surface area contributed by atoms with Crippen LogP contribution < -0.4 is 0 Å². The maximum Gasteiger partial charge on any atom is 0.257 e. The van der Waals surface area contributed by atoms with Gasteiger partial charge in [0, 0.05) is 12.1 Å². The van der Waals surface area contributed by atoms with Crippen LogP contribution >= 0.6 is 0 Å². The highest BCUT2D eigenvalue weighted by Crippen LogP contribution is 2.33. The summed E-state index contributed by atoms with van der Waals surface area (Å²) < 4.78 is 32.8. The molecule has 1 aliphatic rings. The lowest BCUT2D eigenvalue weighted by molar-refractivity contribution is 0.0704. The highest BCUT2D eigenvalue weighted by atomic mass is 19.1. The van der Waals surface area contributed by atoms with Crippen LogP contribution in [0, 0.1) is 18.6 Å². The number of halogens is 2. The lowest BCUT2D eigenvalue weighted by Gasteiger charge is -2.22. The number of benzene rings is 2. The number of nitrogens with zero attached hydrogens (tertiary/aromatic N) is 3. The first kappa shape index (κ1) is 17.3. The fourth-order valence-corrected chi connectivity index (χ4v) is 3.27. The number of amides is 1. The number of hydrogen-bond acceptors (Lipinski definition) is 4. The van der Waals surface area contributed by atoms with Crippen LogP contribution in [0.5, 0.6) is 0 Å². The SMILES string of the molecule is Cc1ccc(-c2noc(C3CCCN3C(=O)c3cc(F)ccc3F)n2)cc1. The summed E-state index contributed by atoms with van der Waals surface area (Å²) in [4.78, 5) is 18.6. The van der Waals surface area contributed by atoms with Gasteiger partial charge in [-0.3, -0.25) is 4.79 Å². The van der Waals surface area contributed by atoms with Gasteiger partial charge in [0.05, 0.1) is 5.56 Å². The molecule has 0 N–H and O–H groups in total. The zero-order valence-electron chi connectivity index (χ0n) is 14.7. The van der Waals surface area contributed by atoms with Crippen molar-refractivity contribution in [1.29, 1.82) is 0 Å². The maximum atomic E-state index is 14.0. The third kappa shape index (κ3) is 3.32. The summed E-state index contributed by atoms with van der Waals surface area (Å²) >= 11 is 0. The van der Waals surface area contributed by atoms with Crippen LogP contribution in [-0.4, -0.2) is 27.5 Å². The van der Waals surface area contributed by atoms with Gasteiger partial charge in [0.2, 0.25) is 11.7 Å². The molecule has 1 unspecified atom stereocenters. The average Bonchev–Trinajstić information content (AvgIpc) is 3.32. The molecule has 7 heteroatoms. The second kappa shape index (κ2) is 6.90. The Morgan fingerprint density at radius 2 is 1.96 bits per heavy atom. The summed E-state index contributed by atoms with van der Waals surface area (Å²) in [7, 11) is 0. The van der Waals surface area contributed by atoms with E-state index in [0.717, 1.165) is 35.7 Å². The Hall–Kier alpha value is -3.09. The van der Waals surface area contributed by atoms with Crippen molar-refractivity contribution in [2.24, 2.45) is 0 Å². The number of carbonyl (C=O) groups excluding carboxylic acids is 1. The lowest BCUT2D eigenvalue weighted by Crippen LogP contribution is -2.31. The molecule has 1 fully saturated rings. The van der Waals surface area contributed by atoms with Gasteiger partial charge in [-0.15, -0.1) is 0 Å². The van der Waals surface area contributed by atoms with E-state index in [0.29, 0.717) is 24.7 Å². The normalized spacial score (nSPS) is 16.7. The number of carbonyl (C=O) groups is 1. The highest BCUT2D eigenvalue weighted by Gasteiger charge is 2.35. The van der Waals surface area contributed by atoms with E-state index in [-0.39, 0.29) is 5.56 Å². The molecule has 1 aromatic heterocycles.